The van der Waals surface area contributed by atoms with Gasteiger partial charge < -0.3 is 9.67 Å². The van der Waals surface area contributed by atoms with Crippen LogP contribution in [0.2, 0.25) is 0 Å². The number of carboxylic acids is 1. The highest BCUT2D eigenvalue weighted by molar-refractivity contribution is 6.03. The fourth-order valence-electron chi connectivity index (χ4n) is 2.66. The van der Waals surface area contributed by atoms with Gasteiger partial charge in [-0.2, -0.15) is 10.4 Å². The standard InChI is InChI=1S/C14H11FN4O2/c1-3-18-11-5-8(15)4-9(14(20)21)12(11)19-13(18)10(6-16)7(2)17-19/h4-5H,3H2,1-2H3,(H,20,21). The Morgan fingerprint density at radius 2 is 2.24 bits per heavy atom. The third-order valence-electron chi connectivity index (χ3n) is 3.51. The van der Waals surface area contributed by atoms with Crippen LogP contribution in [0.4, 0.5) is 4.39 Å². The van der Waals surface area contributed by atoms with Crippen LogP contribution in [0.1, 0.15) is 28.5 Å². The van der Waals surface area contributed by atoms with Crippen molar-refractivity contribution in [2.75, 3.05) is 0 Å². The number of halogens is 1. The lowest BCUT2D eigenvalue weighted by Crippen LogP contribution is -2.01. The molecule has 2 heterocycles. The fraction of sp³-hybridized carbons (Fsp3) is 0.214. The molecule has 0 unspecified atom stereocenters. The average Bonchev–Trinajstić information content (AvgIpc) is 2.89. The lowest BCUT2D eigenvalue weighted by molar-refractivity contribution is 0.0698. The van der Waals surface area contributed by atoms with Gasteiger partial charge in [-0.25, -0.2) is 13.7 Å². The van der Waals surface area contributed by atoms with E-state index in [0.717, 1.165) is 6.07 Å². The summed E-state index contributed by atoms with van der Waals surface area (Å²) in [7, 11) is 0. The molecule has 0 aliphatic carbocycles. The number of rotatable bonds is 2. The summed E-state index contributed by atoms with van der Waals surface area (Å²) in [6.07, 6.45) is 0. The van der Waals surface area contributed by atoms with Gasteiger partial charge in [0.05, 0.1) is 16.8 Å². The number of nitrogens with zero attached hydrogens (tertiary/aromatic N) is 4. The van der Waals surface area contributed by atoms with Crippen LogP contribution in [-0.4, -0.2) is 25.3 Å². The molecule has 0 saturated heterocycles. The maximum atomic E-state index is 13.7. The molecule has 3 rings (SSSR count). The summed E-state index contributed by atoms with van der Waals surface area (Å²) in [5, 5.41) is 22.8. The Morgan fingerprint density at radius 3 is 2.81 bits per heavy atom. The van der Waals surface area contributed by atoms with Crippen molar-refractivity contribution in [3.05, 3.63) is 34.8 Å². The van der Waals surface area contributed by atoms with Gasteiger partial charge in [-0.1, -0.05) is 0 Å². The topological polar surface area (TPSA) is 83.3 Å². The number of hydrogen-bond donors (Lipinski definition) is 1. The van der Waals surface area contributed by atoms with E-state index < -0.39 is 11.8 Å². The molecule has 0 fully saturated rings. The Balaban J connectivity index is 2.66. The molecule has 106 valence electrons. The van der Waals surface area contributed by atoms with E-state index in [0.29, 0.717) is 34.5 Å². The predicted octanol–water partition coefficient (Wildman–Crippen LogP) is 2.33. The van der Waals surface area contributed by atoms with Crippen molar-refractivity contribution < 1.29 is 14.3 Å². The number of carboxylic acid groups (broad SMARTS) is 1. The number of aryl methyl sites for hydroxylation is 2. The quantitative estimate of drug-likeness (QED) is 0.783. The van der Waals surface area contributed by atoms with Gasteiger partial charge >= 0.3 is 5.97 Å². The van der Waals surface area contributed by atoms with Crippen LogP contribution >= 0.6 is 0 Å². The summed E-state index contributed by atoms with van der Waals surface area (Å²) in [5.74, 6) is -1.87. The van der Waals surface area contributed by atoms with Crippen molar-refractivity contribution in [1.82, 2.24) is 14.2 Å². The lowest BCUT2D eigenvalue weighted by Gasteiger charge is -2.03. The molecule has 0 radical (unpaired) electrons. The number of imidazole rings is 1. The van der Waals surface area contributed by atoms with Crippen LogP contribution in [0.3, 0.4) is 0 Å². The zero-order valence-electron chi connectivity index (χ0n) is 11.4. The van der Waals surface area contributed by atoms with Crippen molar-refractivity contribution in [3.8, 4) is 6.07 Å². The molecule has 3 aromatic rings. The number of fused-ring (bicyclic) bond motifs is 3. The molecule has 0 amide bonds. The minimum Gasteiger partial charge on any atom is -0.478 e. The largest absolute Gasteiger partial charge is 0.478 e. The summed E-state index contributed by atoms with van der Waals surface area (Å²) in [6.45, 7) is 3.99. The first kappa shape index (κ1) is 13.1. The van der Waals surface area contributed by atoms with Gasteiger partial charge in [-0.05, 0) is 26.0 Å². The third-order valence-corrected chi connectivity index (χ3v) is 3.51. The number of benzene rings is 1. The first-order valence-electron chi connectivity index (χ1n) is 6.34. The molecule has 7 heteroatoms. The molecule has 2 aromatic heterocycles. The van der Waals surface area contributed by atoms with Crippen molar-refractivity contribution in [3.63, 3.8) is 0 Å². The Bertz CT molecular complexity index is 946. The number of aromatic carboxylic acids is 1. The van der Waals surface area contributed by atoms with Gasteiger partial charge in [-0.15, -0.1) is 0 Å². The molecule has 6 nitrogen and oxygen atoms in total. The first-order chi connectivity index (χ1) is 9.99. The number of aromatic nitrogens is 3. The molecule has 0 aliphatic heterocycles. The minimum atomic E-state index is -1.23. The number of hydrogen-bond acceptors (Lipinski definition) is 3. The monoisotopic (exact) mass is 286 g/mol. The summed E-state index contributed by atoms with van der Waals surface area (Å²) >= 11 is 0. The van der Waals surface area contributed by atoms with Crippen LogP contribution in [0, 0.1) is 24.1 Å². The van der Waals surface area contributed by atoms with E-state index in [2.05, 4.69) is 11.2 Å². The molecule has 0 atom stereocenters. The molecule has 1 aromatic carbocycles. The van der Waals surface area contributed by atoms with Crippen molar-refractivity contribution in [2.45, 2.75) is 20.4 Å². The third kappa shape index (κ3) is 1.62. The van der Waals surface area contributed by atoms with E-state index in [1.807, 2.05) is 6.92 Å². The second kappa shape index (κ2) is 4.31. The molecule has 21 heavy (non-hydrogen) atoms. The summed E-state index contributed by atoms with van der Waals surface area (Å²) in [4.78, 5) is 11.4. The Hall–Kier alpha value is -2.88. The zero-order chi connectivity index (χ0) is 15.3. The molecule has 0 bridgehead atoms. The van der Waals surface area contributed by atoms with Crippen LogP contribution in [-0.2, 0) is 6.54 Å². The summed E-state index contributed by atoms with van der Waals surface area (Å²) < 4.78 is 16.8. The molecular formula is C14H11FN4O2. The van der Waals surface area contributed by atoms with Crippen LogP contribution in [0.5, 0.6) is 0 Å². The van der Waals surface area contributed by atoms with Gasteiger partial charge in [0, 0.05) is 6.54 Å². The van der Waals surface area contributed by atoms with Gasteiger partial charge in [0.2, 0.25) is 0 Å². The first-order valence-corrected chi connectivity index (χ1v) is 6.34. The summed E-state index contributed by atoms with van der Waals surface area (Å²) in [5.41, 5.74) is 1.90. The van der Waals surface area contributed by atoms with E-state index in [1.165, 1.54) is 10.6 Å². The van der Waals surface area contributed by atoms with Crippen LogP contribution in [0.25, 0.3) is 16.7 Å². The zero-order valence-corrected chi connectivity index (χ0v) is 11.4. The highest BCUT2D eigenvalue weighted by Gasteiger charge is 2.23. The number of nitriles is 1. The van der Waals surface area contributed by atoms with Gasteiger partial charge in [-0.3, -0.25) is 0 Å². The molecule has 0 aliphatic rings. The van der Waals surface area contributed by atoms with Crippen molar-refractivity contribution in [1.29, 1.82) is 5.26 Å². The predicted molar refractivity (Wildman–Crippen MR) is 72.7 cm³/mol. The summed E-state index contributed by atoms with van der Waals surface area (Å²) in [6, 6.07) is 4.30. The Kier molecular flexibility index (Phi) is 2.69. The Morgan fingerprint density at radius 1 is 1.52 bits per heavy atom. The van der Waals surface area contributed by atoms with E-state index in [-0.39, 0.29) is 5.56 Å². The van der Waals surface area contributed by atoms with Crippen molar-refractivity contribution >= 4 is 22.6 Å². The Labute approximate surface area is 118 Å². The van der Waals surface area contributed by atoms with Crippen molar-refractivity contribution in [2.24, 2.45) is 0 Å². The van der Waals surface area contributed by atoms with E-state index >= 15 is 0 Å². The highest BCUT2D eigenvalue weighted by atomic mass is 19.1. The smallest absolute Gasteiger partial charge is 0.338 e. The normalized spacial score (nSPS) is 11.1. The molecular weight excluding hydrogens is 275 g/mol. The molecule has 0 saturated carbocycles. The molecule has 0 spiro atoms. The van der Waals surface area contributed by atoms with Crippen LogP contribution in [0.15, 0.2) is 12.1 Å². The maximum absolute atomic E-state index is 13.7. The fourth-order valence-corrected chi connectivity index (χ4v) is 2.66. The van der Waals surface area contributed by atoms with E-state index in [1.54, 1.807) is 11.5 Å². The second-order valence-electron chi connectivity index (χ2n) is 4.68. The number of carbonyl (C=O) groups is 1. The lowest BCUT2D eigenvalue weighted by atomic mass is 10.2. The van der Waals surface area contributed by atoms with Gasteiger partial charge in [0.1, 0.15) is 23.0 Å². The minimum absolute atomic E-state index is 0.172. The highest BCUT2D eigenvalue weighted by Crippen LogP contribution is 2.28. The SMILES string of the molecule is CCn1c2cc(F)cc(C(=O)O)c2n2nc(C)c(C#N)c12. The maximum Gasteiger partial charge on any atom is 0.338 e. The van der Waals surface area contributed by atoms with Gasteiger partial charge in [0.25, 0.3) is 0 Å². The average molecular weight is 286 g/mol. The van der Waals surface area contributed by atoms with E-state index in [9.17, 15) is 19.6 Å². The second-order valence-corrected chi connectivity index (χ2v) is 4.68. The van der Waals surface area contributed by atoms with Gasteiger partial charge in [0.15, 0.2) is 5.65 Å². The van der Waals surface area contributed by atoms with Crippen LogP contribution < -0.4 is 0 Å². The van der Waals surface area contributed by atoms with E-state index in [4.69, 9.17) is 0 Å². The molecule has 1 N–H and O–H groups in total.